The maximum atomic E-state index is 11.7. The number of anilines is 2. The fourth-order valence-electron chi connectivity index (χ4n) is 1.94. The van der Waals surface area contributed by atoms with E-state index in [1.165, 1.54) is 0 Å². The zero-order valence-electron chi connectivity index (χ0n) is 13.2. The summed E-state index contributed by atoms with van der Waals surface area (Å²) in [5.74, 6) is 0. The summed E-state index contributed by atoms with van der Waals surface area (Å²) in [5.41, 5.74) is 2.53. The molecule has 0 aliphatic rings. The number of ether oxygens (including phenoxy) is 1. The molecular formula is C18H22N2O2. The molecule has 2 N–H and O–H groups in total. The Labute approximate surface area is 131 Å². The Hall–Kier alpha value is -2.49. The van der Waals surface area contributed by atoms with Crippen LogP contribution in [-0.4, -0.2) is 11.7 Å². The highest BCUT2D eigenvalue weighted by Crippen LogP contribution is 2.17. The van der Waals surface area contributed by atoms with E-state index in [2.05, 4.69) is 10.6 Å². The molecule has 4 heteroatoms. The Morgan fingerprint density at radius 3 is 2.36 bits per heavy atom. The van der Waals surface area contributed by atoms with E-state index in [0.29, 0.717) is 6.54 Å². The number of carbonyl (C=O) groups is 1. The summed E-state index contributed by atoms with van der Waals surface area (Å²) < 4.78 is 5.22. The number of hydrogen-bond acceptors (Lipinski definition) is 3. The molecule has 0 aliphatic carbocycles. The molecule has 22 heavy (non-hydrogen) atoms. The number of nitrogens with one attached hydrogen (secondary N) is 2. The van der Waals surface area contributed by atoms with Crippen LogP contribution < -0.4 is 10.6 Å². The maximum Gasteiger partial charge on any atom is 0.407 e. The van der Waals surface area contributed by atoms with E-state index in [-0.39, 0.29) is 0 Å². The van der Waals surface area contributed by atoms with Gasteiger partial charge in [-0.1, -0.05) is 30.3 Å². The highest BCUT2D eigenvalue weighted by Gasteiger charge is 2.15. The third-order valence-electron chi connectivity index (χ3n) is 2.83. The van der Waals surface area contributed by atoms with Crippen molar-refractivity contribution in [2.24, 2.45) is 0 Å². The summed E-state index contributed by atoms with van der Waals surface area (Å²) in [4.78, 5) is 11.7. The summed E-state index contributed by atoms with van der Waals surface area (Å²) in [6.07, 6.45) is -0.408. The lowest BCUT2D eigenvalue weighted by Gasteiger charge is -2.19. The van der Waals surface area contributed by atoms with E-state index in [1.807, 2.05) is 75.4 Å². The van der Waals surface area contributed by atoms with Gasteiger partial charge in [-0.05, 0) is 50.6 Å². The van der Waals surface area contributed by atoms with Crippen LogP contribution in [0.1, 0.15) is 26.3 Å². The highest BCUT2D eigenvalue weighted by molar-refractivity contribution is 5.68. The van der Waals surface area contributed by atoms with Crippen molar-refractivity contribution >= 4 is 17.5 Å². The van der Waals surface area contributed by atoms with Crippen molar-refractivity contribution in [2.45, 2.75) is 32.9 Å². The van der Waals surface area contributed by atoms with Gasteiger partial charge in [0.15, 0.2) is 0 Å². The lowest BCUT2D eigenvalue weighted by molar-refractivity contribution is 0.0523. The van der Waals surface area contributed by atoms with Crippen LogP contribution in [0.25, 0.3) is 0 Å². The monoisotopic (exact) mass is 298 g/mol. The molecule has 0 spiro atoms. The average molecular weight is 298 g/mol. The average Bonchev–Trinajstić information content (AvgIpc) is 2.45. The van der Waals surface area contributed by atoms with Gasteiger partial charge in [-0.2, -0.15) is 0 Å². The van der Waals surface area contributed by atoms with Gasteiger partial charge in [0, 0.05) is 17.9 Å². The molecule has 0 atom stereocenters. The topological polar surface area (TPSA) is 50.4 Å². The van der Waals surface area contributed by atoms with Gasteiger partial charge in [0.2, 0.25) is 0 Å². The SMILES string of the molecule is CC(C)(C)OC(=O)NCc1cccc(Nc2ccccc2)c1. The second kappa shape index (κ2) is 6.98. The Morgan fingerprint density at radius 2 is 1.68 bits per heavy atom. The first-order chi connectivity index (χ1) is 10.4. The van der Waals surface area contributed by atoms with E-state index in [1.54, 1.807) is 0 Å². The third kappa shape index (κ3) is 5.48. The van der Waals surface area contributed by atoms with E-state index in [0.717, 1.165) is 16.9 Å². The van der Waals surface area contributed by atoms with Crippen LogP contribution in [0.5, 0.6) is 0 Å². The first-order valence-electron chi connectivity index (χ1n) is 7.30. The van der Waals surface area contributed by atoms with Crippen molar-refractivity contribution in [1.29, 1.82) is 0 Å². The minimum atomic E-state index is -0.485. The van der Waals surface area contributed by atoms with Crippen LogP contribution in [-0.2, 0) is 11.3 Å². The summed E-state index contributed by atoms with van der Waals surface area (Å²) in [6, 6.07) is 17.9. The van der Waals surface area contributed by atoms with Gasteiger partial charge >= 0.3 is 6.09 Å². The predicted molar refractivity (Wildman–Crippen MR) is 89.2 cm³/mol. The van der Waals surface area contributed by atoms with Crippen LogP contribution >= 0.6 is 0 Å². The molecule has 2 rings (SSSR count). The lowest BCUT2D eigenvalue weighted by Crippen LogP contribution is -2.32. The summed E-state index contributed by atoms with van der Waals surface area (Å²) in [5, 5.41) is 6.08. The number of hydrogen-bond donors (Lipinski definition) is 2. The zero-order valence-corrected chi connectivity index (χ0v) is 13.2. The maximum absolute atomic E-state index is 11.7. The first kappa shape index (κ1) is 15.9. The van der Waals surface area contributed by atoms with Gasteiger partial charge in [-0.25, -0.2) is 4.79 Å². The molecule has 2 aromatic rings. The van der Waals surface area contributed by atoms with Gasteiger partial charge in [0.05, 0.1) is 0 Å². The smallest absolute Gasteiger partial charge is 0.407 e. The van der Waals surface area contributed by atoms with Crippen LogP contribution in [0.3, 0.4) is 0 Å². The highest BCUT2D eigenvalue weighted by atomic mass is 16.6. The summed E-state index contributed by atoms with van der Waals surface area (Å²) >= 11 is 0. The molecule has 116 valence electrons. The second-order valence-electron chi connectivity index (χ2n) is 6.05. The molecule has 0 bridgehead atoms. The quantitative estimate of drug-likeness (QED) is 0.876. The Bertz CT molecular complexity index is 618. The van der Waals surface area contributed by atoms with Crippen molar-refractivity contribution in [3.05, 3.63) is 60.2 Å². The van der Waals surface area contributed by atoms with Gasteiger partial charge in [0.25, 0.3) is 0 Å². The van der Waals surface area contributed by atoms with Crippen molar-refractivity contribution < 1.29 is 9.53 Å². The minimum Gasteiger partial charge on any atom is -0.444 e. The van der Waals surface area contributed by atoms with Crippen LogP contribution in [0, 0.1) is 0 Å². The fourth-order valence-corrected chi connectivity index (χ4v) is 1.94. The molecule has 0 aliphatic heterocycles. The van der Waals surface area contributed by atoms with E-state index in [4.69, 9.17) is 4.74 Å². The molecule has 2 aromatic carbocycles. The molecule has 0 heterocycles. The van der Waals surface area contributed by atoms with E-state index >= 15 is 0 Å². The number of benzene rings is 2. The third-order valence-corrected chi connectivity index (χ3v) is 2.83. The lowest BCUT2D eigenvalue weighted by atomic mass is 10.2. The molecule has 0 fully saturated rings. The minimum absolute atomic E-state index is 0.408. The van der Waals surface area contributed by atoms with Crippen molar-refractivity contribution in [1.82, 2.24) is 5.32 Å². The van der Waals surface area contributed by atoms with Gasteiger partial charge in [-0.3, -0.25) is 0 Å². The van der Waals surface area contributed by atoms with Crippen molar-refractivity contribution in [3.8, 4) is 0 Å². The zero-order chi connectivity index (χ0) is 16.0. The molecule has 4 nitrogen and oxygen atoms in total. The summed E-state index contributed by atoms with van der Waals surface area (Å²) in [6.45, 7) is 5.96. The predicted octanol–water partition coefficient (Wildman–Crippen LogP) is 4.45. The second-order valence-corrected chi connectivity index (χ2v) is 6.05. The van der Waals surface area contributed by atoms with Gasteiger partial charge in [-0.15, -0.1) is 0 Å². The van der Waals surface area contributed by atoms with Crippen molar-refractivity contribution in [3.63, 3.8) is 0 Å². The molecule has 0 radical (unpaired) electrons. The van der Waals surface area contributed by atoms with E-state index in [9.17, 15) is 4.79 Å². The molecule has 0 saturated carbocycles. The Kier molecular flexibility index (Phi) is 5.04. The van der Waals surface area contributed by atoms with Gasteiger partial charge < -0.3 is 15.4 Å². The van der Waals surface area contributed by atoms with Gasteiger partial charge in [0.1, 0.15) is 5.60 Å². The van der Waals surface area contributed by atoms with Crippen LogP contribution in [0.4, 0.5) is 16.2 Å². The number of alkyl carbamates (subject to hydrolysis) is 1. The standard InChI is InChI=1S/C18H22N2O2/c1-18(2,3)22-17(21)19-13-14-8-7-11-16(12-14)20-15-9-5-4-6-10-15/h4-12,20H,13H2,1-3H3,(H,19,21). The van der Waals surface area contributed by atoms with Crippen LogP contribution in [0.15, 0.2) is 54.6 Å². The molecule has 1 amide bonds. The molecule has 0 aromatic heterocycles. The molecule has 0 saturated heterocycles. The molecule has 0 unspecified atom stereocenters. The largest absolute Gasteiger partial charge is 0.444 e. The first-order valence-corrected chi connectivity index (χ1v) is 7.30. The van der Waals surface area contributed by atoms with Crippen LogP contribution in [0.2, 0.25) is 0 Å². The molecular weight excluding hydrogens is 276 g/mol. The Balaban J connectivity index is 1.93. The number of rotatable bonds is 4. The van der Waals surface area contributed by atoms with E-state index < -0.39 is 11.7 Å². The van der Waals surface area contributed by atoms with Crippen molar-refractivity contribution in [2.75, 3.05) is 5.32 Å². The summed E-state index contributed by atoms with van der Waals surface area (Å²) in [7, 11) is 0. The number of amides is 1. The fraction of sp³-hybridized carbons (Fsp3) is 0.278. The number of carbonyl (C=O) groups excluding carboxylic acids is 1. The Morgan fingerprint density at radius 1 is 1.00 bits per heavy atom. The normalized spacial score (nSPS) is 10.9. The number of para-hydroxylation sites is 1.